The van der Waals surface area contributed by atoms with Crippen molar-refractivity contribution in [2.24, 2.45) is 0 Å². The van der Waals surface area contributed by atoms with Crippen LogP contribution in [0.4, 0.5) is 11.6 Å². The van der Waals surface area contributed by atoms with E-state index in [-0.39, 0.29) is 0 Å². The van der Waals surface area contributed by atoms with E-state index in [2.05, 4.69) is 30.7 Å². The van der Waals surface area contributed by atoms with Crippen molar-refractivity contribution in [1.29, 1.82) is 0 Å². The molecule has 0 aromatic carbocycles. The van der Waals surface area contributed by atoms with Crippen LogP contribution in [0.5, 0.6) is 0 Å². The zero-order chi connectivity index (χ0) is 12.6. The van der Waals surface area contributed by atoms with E-state index in [1.165, 1.54) is 12.8 Å². The van der Waals surface area contributed by atoms with Gasteiger partial charge in [-0.15, -0.1) is 0 Å². The Bertz CT molecular complexity index is 410. The van der Waals surface area contributed by atoms with Crippen molar-refractivity contribution in [2.45, 2.75) is 52.5 Å². The Hall–Kier alpha value is -1.32. The summed E-state index contributed by atoms with van der Waals surface area (Å²) < 4.78 is 0. The second-order valence-electron chi connectivity index (χ2n) is 5.09. The van der Waals surface area contributed by atoms with Crippen molar-refractivity contribution < 1.29 is 0 Å². The van der Waals surface area contributed by atoms with Crippen molar-refractivity contribution in [1.82, 2.24) is 9.97 Å². The van der Waals surface area contributed by atoms with Gasteiger partial charge in [-0.05, 0) is 26.7 Å². The molecule has 1 fully saturated rings. The molecule has 4 nitrogen and oxygen atoms in total. The maximum absolute atomic E-state index is 5.99. The van der Waals surface area contributed by atoms with Crippen molar-refractivity contribution in [3.05, 3.63) is 11.4 Å². The third-order valence-electron chi connectivity index (χ3n) is 3.29. The molecule has 2 N–H and O–H groups in total. The minimum Gasteiger partial charge on any atom is -0.383 e. The van der Waals surface area contributed by atoms with Gasteiger partial charge in [0.15, 0.2) is 0 Å². The minimum atomic E-state index is 0.314. The van der Waals surface area contributed by atoms with Crippen molar-refractivity contribution in [3.8, 4) is 0 Å². The predicted octanol–water partition coefficient (Wildman–Crippen LogP) is 2.48. The van der Waals surface area contributed by atoms with Gasteiger partial charge in [0.25, 0.3) is 0 Å². The minimum absolute atomic E-state index is 0.314. The smallest absolute Gasteiger partial charge is 0.137 e. The second-order valence-corrected chi connectivity index (χ2v) is 5.09. The lowest BCUT2D eigenvalue weighted by Crippen LogP contribution is -2.28. The van der Waals surface area contributed by atoms with Crippen molar-refractivity contribution in [2.75, 3.05) is 17.2 Å². The summed E-state index contributed by atoms with van der Waals surface area (Å²) in [6, 6.07) is 0.660. The first-order valence-electron chi connectivity index (χ1n) is 6.45. The van der Waals surface area contributed by atoms with E-state index in [0.29, 0.717) is 17.8 Å². The zero-order valence-corrected chi connectivity index (χ0v) is 11.2. The molecule has 0 aliphatic heterocycles. The molecule has 0 saturated heterocycles. The van der Waals surface area contributed by atoms with Gasteiger partial charge in [0, 0.05) is 24.1 Å². The highest BCUT2D eigenvalue weighted by molar-refractivity contribution is 5.57. The van der Waals surface area contributed by atoms with Gasteiger partial charge >= 0.3 is 0 Å². The molecule has 94 valence electrons. The molecule has 1 aromatic heterocycles. The average molecular weight is 234 g/mol. The quantitative estimate of drug-likeness (QED) is 0.869. The third-order valence-corrected chi connectivity index (χ3v) is 3.29. The summed E-state index contributed by atoms with van der Waals surface area (Å²) in [7, 11) is 0. The Morgan fingerprint density at radius 1 is 1.35 bits per heavy atom. The van der Waals surface area contributed by atoms with Gasteiger partial charge in [-0.2, -0.15) is 0 Å². The summed E-state index contributed by atoms with van der Waals surface area (Å²) in [4.78, 5) is 11.4. The molecule has 1 aliphatic rings. The van der Waals surface area contributed by atoms with Crippen molar-refractivity contribution >= 4 is 11.6 Å². The van der Waals surface area contributed by atoms with Crippen LogP contribution in [0.2, 0.25) is 0 Å². The van der Waals surface area contributed by atoms with Crippen LogP contribution in [0.25, 0.3) is 0 Å². The SMILES string of the molecule is CCN(c1nc(C(C)C)nc(N)c1C)C1CC1. The largest absolute Gasteiger partial charge is 0.383 e. The summed E-state index contributed by atoms with van der Waals surface area (Å²) in [6.07, 6.45) is 2.54. The third kappa shape index (κ3) is 2.35. The number of rotatable bonds is 4. The number of nitrogens with two attached hydrogens (primary N) is 1. The first-order chi connectivity index (χ1) is 8.04. The first-order valence-corrected chi connectivity index (χ1v) is 6.45. The molecule has 1 heterocycles. The van der Waals surface area contributed by atoms with Crippen LogP contribution in [0, 0.1) is 6.92 Å². The lowest BCUT2D eigenvalue weighted by atomic mass is 10.2. The molecule has 0 amide bonds. The van der Waals surface area contributed by atoms with Gasteiger partial charge in [0.05, 0.1) is 0 Å². The Morgan fingerprint density at radius 2 is 2.00 bits per heavy atom. The fraction of sp³-hybridized carbons (Fsp3) is 0.692. The monoisotopic (exact) mass is 234 g/mol. The Kier molecular flexibility index (Phi) is 3.22. The van der Waals surface area contributed by atoms with Gasteiger partial charge in [-0.1, -0.05) is 13.8 Å². The lowest BCUT2D eigenvalue weighted by Gasteiger charge is -2.24. The van der Waals surface area contributed by atoms with Gasteiger partial charge in [-0.3, -0.25) is 0 Å². The summed E-state index contributed by atoms with van der Waals surface area (Å²) in [5.41, 5.74) is 7.01. The van der Waals surface area contributed by atoms with Crippen molar-refractivity contribution in [3.63, 3.8) is 0 Å². The van der Waals surface area contributed by atoms with Crippen LogP contribution >= 0.6 is 0 Å². The highest BCUT2D eigenvalue weighted by atomic mass is 15.2. The van der Waals surface area contributed by atoms with Gasteiger partial charge < -0.3 is 10.6 Å². The number of nitrogen functional groups attached to an aromatic ring is 1. The van der Waals surface area contributed by atoms with E-state index >= 15 is 0 Å². The number of hydrogen-bond donors (Lipinski definition) is 1. The van der Waals surface area contributed by atoms with Crippen LogP contribution in [-0.4, -0.2) is 22.6 Å². The molecule has 0 unspecified atom stereocenters. The molecule has 17 heavy (non-hydrogen) atoms. The van der Waals surface area contributed by atoms with Crippen LogP contribution in [0.3, 0.4) is 0 Å². The predicted molar refractivity (Wildman–Crippen MR) is 71.3 cm³/mol. The lowest BCUT2D eigenvalue weighted by molar-refractivity contribution is 0.744. The summed E-state index contributed by atoms with van der Waals surface area (Å²) >= 11 is 0. The first kappa shape index (κ1) is 12.1. The molecule has 0 atom stereocenters. The van der Waals surface area contributed by atoms with E-state index in [1.54, 1.807) is 0 Å². The maximum Gasteiger partial charge on any atom is 0.137 e. The number of nitrogens with zero attached hydrogens (tertiary/aromatic N) is 3. The molecular weight excluding hydrogens is 212 g/mol. The molecule has 1 saturated carbocycles. The summed E-state index contributed by atoms with van der Waals surface area (Å²) in [5, 5.41) is 0. The number of anilines is 2. The van der Waals surface area contributed by atoms with E-state index in [4.69, 9.17) is 10.7 Å². The summed E-state index contributed by atoms with van der Waals surface area (Å²) in [6.45, 7) is 9.37. The second kappa shape index (κ2) is 4.51. The Morgan fingerprint density at radius 3 is 2.47 bits per heavy atom. The van der Waals surface area contributed by atoms with E-state index in [1.807, 2.05) is 6.92 Å². The molecular formula is C13H22N4. The number of hydrogen-bond acceptors (Lipinski definition) is 4. The average Bonchev–Trinajstić information content (AvgIpc) is 3.09. The fourth-order valence-electron chi connectivity index (χ4n) is 2.04. The van der Waals surface area contributed by atoms with E-state index in [9.17, 15) is 0 Å². The van der Waals surface area contributed by atoms with Gasteiger partial charge in [0.1, 0.15) is 17.5 Å². The molecule has 0 radical (unpaired) electrons. The highest BCUT2D eigenvalue weighted by Gasteiger charge is 2.30. The van der Waals surface area contributed by atoms with Crippen LogP contribution in [-0.2, 0) is 0 Å². The Balaban J connectivity index is 2.43. The topological polar surface area (TPSA) is 55.0 Å². The summed E-state index contributed by atoms with van der Waals surface area (Å²) in [5.74, 6) is 2.82. The zero-order valence-electron chi connectivity index (χ0n) is 11.2. The van der Waals surface area contributed by atoms with Crippen LogP contribution in [0.1, 0.15) is 50.9 Å². The molecule has 4 heteroatoms. The Labute approximate surface area is 103 Å². The normalized spacial score (nSPS) is 15.4. The molecule has 2 rings (SSSR count). The number of aromatic nitrogens is 2. The standard InChI is InChI=1S/C13H22N4/c1-5-17(10-6-7-10)13-9(4)11(14)15-12(16-13)8(2)3/h8,10H,5-7H2,1-4H3,(H2,14,15,16). The van der Waals surface area contributed by atoms with Gasteiger partial charge in [-0.25, -0.2) is 9.97 Å². The maximum atomic E-state index is 5.99. The molecule has 1 aliphatic carbocycles. The highest BCUT2D eigenvalue weighted by Crippen LogP contribution is 2.33. The van der Waals surface area contributed by atoms with Gasteiger partial charge in [0.2, 0.25) is 0 Å². The molecule has 1 aromatic rings. The van der Waals surface area contributed by atoms with Crippen LogP contribution < -0.4 is 10.6 Å². The molecule has 0 bridgehead atoms. The van der Waals surface area contributed by atoms with E-state index < -0.39 is 0 Å². The molecule has 0 spiro atoms. The van der Waals surface area contributed by atoms with E-state index in [0.717, 1.165) is 23.8 Å². The fourth-order valence-corrected chi connectivity index (χ4v) is 2.04. The van der Waals surface area contributed by atoms with Crippen LogP contribution in [0.15, 0.2) is 0 Å².